The van der Waals surface area contributed by atoms with E-state index in [4.69, 9.17) is 44.3 Å². The normalized spacial score (nSPS) is 10.8. The smallest absolute Gasteiger partial charge is 0.166 e. The molecule has 0 aliphatic carbocycles. The molecule has 0 fully saturated rings. The van der Waals surface area contributed by atoms with E-state index in [0.29, 0.717) is 34.8 Å². The number of ether oxygens (including phenoxy) is 2. The lowest BCUT2D eigenvalue weighted by Crippen LogP contribution is -2.17. The van der Waals surface area contributed by atoms with E-state index in [0.717, 1.165) is 41.2 Å². The van der Waals surface area contributed by atoms with Crippen LogP contribution >= 0.6 is 34.8 Å². The van der Waals surface area contributed by atoms with Crippen LogP contribution in [0.3, 0.4) is 0 Å². The molecule has 6 heteroatoms. The third-order valence-corrected chi connectivity index (χ3v) is 5.40. The van der Waals surface area contributed by atoms with Crippen LogP contribution < -0.4 is 14.8 Å². The molecular formula is C24H24Cl3NO2. The second-order valence-electron chi connectivity index (χ2n) is 6.76. The molecule has 3 aromatic rings. The second kappa shape index (κ2) is 11.5. The summed E-state index contributed by atoms with van der Waals surface area (Å²) in [4.78, 5) is 0. The van der Waals surface area contributed by atoms with E-state index < -0.39 is 0 Å². The zero-order chi connectivity index (χ0) is 21.3. The molecule has 0 saturated carbocycles. The first-order chi connectivity index (χ1) is 14.6. The fourth-order valence-corrected chi connectivity index (χ4v) is 3.67. The molecule has 0 amide bonds. The predicted molar refractivity (Wildman–Crippen MR) is 125 cm³/mol. The lowest BCUT2D eigenvalue weighted by atomic mass is 10.1. The molecule has 3 rings (SSSR count). The summed E-state index contributed by atoms with van der Waals surface area (Å²) < 4.78 is 11.9. The highest BCUT2D eigenvalue weighted by molar-refractivity contribution is 6.35. The van der Waals surface area contributed by atoms with E-state index in [-0.39, 0.29) is 0 Å². The minimum absolute atomic E-state index is 0.439. The summed E-state index contributed by atoms with van der Waals surface area (Å²) in [6.45, 7) is 4.40. The largest absolute Gasteiger partial charge is 0.490 e. The third kappa shape index (κ3) is 6.55. The highest BCUT2D eigenvalue weighted by atomic mass is 35.5. The lowest BCUT2D eigenvalue weighted by Gasteiger charge is -2.17. The van der Waals surface area contributed by atoms with E-state index in [1.807, 2.05) is 61.5 Å². The summed E-state index contributed by atoms with van der Waals surface area (Å²) in [6, 6.07) is 19.2. The first kappa shape index (κ1) is 22.8. The van der Waals surface area contributed by atoms with Crippen LogP contribution in [-0.2, 0) is 19.6 Å². The summed E-state index contributed by atoms with van der Waals surface area (Å²) in [7, 11) is 0. The molecule has 0 atom stereocenters. The molecule has 0 heterocycles. The van der Waals surface area contributed by atoms with Crippen molar-refractivity contribution in [2.75, 3.05) is 13.2 Å². The Labute approximate surface area is 192 Å². The Morgan fingerprint density at radius 2 is 1.60 bits per heavy atom. The van der Waals surface area contributed by atoms with Gasteiger partial charge >= 0.3 is 0 Å². The first-order valence-electron chi connectivity index (χ1n) is 9.83. The van der Waals surface area contributed by atoms with Crippen molar-refractivity contribution < 1.29 is 9.47 Å². The van der Waals surface area contributed by atoms with Gasteiger partial charge in [0, 0.05) is 27.2 Å². The average Bonchev–Trinajstić information content (AvgIpc) is 2.73. The molecule has 0 spiro atoms. The average molecular weight is 465 g/mol. The van der Waals surface area contributed by atoms with Crippen LogP contribution in [0.1, 0.15) is 23.6 Å². The quantitative estimate of drug-likeness (QED) is 0.329. The zero-order valence-electron chi connectivity index (χ0n) is 16.8. The molecule has 0 aliphatic rings. The molecule has 0 bridgehead atoms. The van der Waals surface area contributed by atoms with Crippen LogP contribution in [0.25, 0.3) is 0 Å². The molecule has 0 aliphatic heterocycles. The van der Waals surface area contributed by atoms with Crippen molar-refractivity contribution in [3.05, 3.63) is 92.4 Å². The maximum absolute atomic E-state index is 6.26. The summed E-state index contributed by atoms with van der Waals surface area (Å²) in [5.41, 5.74) is 3.15. The van der Waals surface area contributed by atoms with Gasteiger partial charge in [0.1, 0.15) is 6.61 Å². The van der Waals surface area contributed by atoms with Crippen LogP contribution in [0.15, 0.2) is 60.7 Å². The van der Waals surface area contributed by atoms with Gasteiger partial charge in [-0.05, 0) is 61.3 Å². The van der Waals surface area contributed by atoms with E-state index >= 15 is 0 Å². The second-order valence-corrected chi connectivity index (χ2v) is 8.04. The maximum atomic E-state index is 6.26. The lowest BCUT2D eigenvalue weighted by molar-refractivity contribution is 0.266. The Morgan fingerprint density at radius 1 is 0.833 bits per heavy atom. The molecule has 0 aromatic heterocycles. The van der Waals surface area contributed by atoms with Crippen molar-refractivity contribution in [1.29, 1.82) is 0 Å². The monoisotopic (exact) mass is 463 g/mol. The molecule has 1 N–H and O–H groups in total. The van der Waals surface area contributed by atoms with E-state index in [1.54, 1.807) is 6.07 Å². The fraction of sp³-hybridized carbons (Fsp3) is 0.250. The molecule has 3 aromatic carbocycles. The summed E-state index contributed by atoms with van der Waals surface area (Å²) in [6.07, 6.45) is 0.808. The summed E-state index contributed by atoms with van der Waals surface area (Å²) in [5.74, 6) is 1.50. The summed E-state index contributed by atoms with van der Waals surface area (Å²) >= 11 is 18.2. The van der Waals surface area contributed by atoms with Gasteiger partial charge in [0.05, 0.1) is 6.61 Å². The minimum Gasteiger partial charge on any atom is -0.490 e. The molecule has 158 valence electrons. The maximum Gasteiger partial charge on any atom is 0.166 e. The Balaban J connectivity index is 1.64. The van der Waals surface area contributed by atoms with Gasteiger partial charge in [-0.2, -0.15) is 0 Å². The van der Waals surface area contributed by atoms with Crippen LogP contribution in [0.2, 0.25) is 15.1 Å². The molecule has 0 radical (unpaired) electrons. The Bertz CT molecular complexity index is 961. The number of hydrogen-bond donors (Lipinski definition) is 1. The third-order valence-electron chi connectivity index (χ3n) is 4.56. The molecule has 0 unspecified atom stereocenters. The van der Waals surface area contributed by atoms with Crippen molar-refractivity contribution in [3.8, 4) is 11.5 Å². The van der Waals surface area contributed by atoms with Gasteiger partial charge in [-0.3, -0.25) is 0 Å². The highest BCUT2D eigenvalue weighted by Crippen LogP contribution is 2.32. The predicted octanol–water partition coefficient (Wildman–Crippen LogP) is 6.96. The number of halogens is 3. The van der Waals surface area contributed by atoms with Gasteiger partial charge < -0.3 is 14.8 Å². The Morgan fingerprint density at radius 3 is 2.33 bits per heavy atom. The van der Waals surface area contributed by atoms with Crippen LogP contribution in [-0.4, -0.2) is 13.2 Å². The van der Waals surface area contributed by atoms with E-state index in [1.165, 1.54) is 0 Å². The Kier molecular flexibility index (Phi) is 8.71. The van der Waals surface area contributed by atoms with Gasteiger partial charge in [-0.25, -0.2) is 0 Å². The van der Waals surface area contributed by atoms with Crippen molar-refractivity contribution in [1.82, 2.24) is 5.32 Å². The summed E-state index contributed by atoms with van der Waals surface area (Å²) in [5, 5.41) is 5.51. The topological polar surface area (TPSA) is 30.5 Å². The molecule has 0 saturated heterocycles. The van der Waals surface area contributed by atoms with Crippen LogP contribution in [0.5, 0.6) is 11.5 Å². The van der Waals surface area contributed by atoms with E-state index in [9.17, 15) is 0 Å². The number of para-hydroxylation sites is 1. The SMILES string of the molecule is CCOc1cccc(CNCCc2ccc(Cl)cc2Cl)c1OCc1ccc(Cl)cc1. The number of benzene rings is 3. The van der Waals surface area contributed by atoms with E-state index in [2.05, 4.69) is 5.32 Å². The fourth-order valence-electron chi connectivity index (χ4n) is 3.04. The molecule has 3 nitrogen and oxygen atoms in total. The van der Waals surface area contributed by atoms with Gasteiger partial charge in [0.15, 0.2) is 11.5 Å². The zero-order valence-corrected chi connectivity index (χ0v) is 19.0. The van der Waals surface area contributed by atoms with Crippen LogP contribution in [0, 0.1) is 0 Å². The van der Waals surface area contributed by atoms with Crippen molar-refractivity contribution in [3.63, 3.8) is 0 Å². The number of nitrogens with one attached hydrogen (secondary N) is 1. The number of rotatable bonds is 10. The van der Waals surface area contributed by atoms with Gasteiger partial charge in [-0.15, -0.1) is 0 Å². The van der Waals surface area contributed by atoms with Crippen LogP contribution in [0.4, 0.5) is 0 Å². The van der Waals surface area contributed by atoms with Gasteiger partial charge in [-0.1, -0.05) is 65.1 Å². The molecular weight excluding hydrogens is 441 g/mol. The van der Waals surface area contributed by atoms with Gasteiger partial charge in [0.25, 0.3) is 0 Å². The minimum atomic E-state index is 0.439. The Hall–Kier alpha value is -1.91. The first-order valence-corrected chi connectivity index (χ1v) is 11.0. The van der Waals surface area contributed by atoms with Crippen molar-refractivity contribution in [2.45, 2.75) is 26.5 Å². The molecule has 30 heavy (non-hydrogen) atoms. The van der Waals surface area contributed by atoms with Crippen molar-refractivity contribution in [2.24, 2.45) is 0 Å². The number of hydrogen-bond acceptors (Lipinski definition) is 3. The standard InChI is InChI=1S/C24H24Cl3NO2/c1-2-29-23-5-3-4-19(24(23)30-16-17-6-9-20(25)10-7-17)15-28-13-12-18-8-11-21(26)14-22(18)27/h3-11,14,28H,2,12-13,15-16H2,1H3. The van der Waals surface area contributed by atoms with Gasteiger partial charge in [0.2, 0.25) is 0 Å². The highest BCUT2D eigenvalue weighted by Gasteiger charge is 2.12. The van der Waals surface area contributed by atoms with Crippen molar-refractivity contribution >= 4 is 34.8 Å².